The largest absolute Gasteiger partial charge is 0.338 e. The number of nitrogens with zero attached hydrogens (tertiary/aromatic N) is 4. The average molecular weight is 370 g/mol. The van der Waals surface area contributed by atoms with Gasteiger partial charge in [-0.1, -0.05) is 36.4 Å². The van der Waals surface area contributed by atoms with E-state index in [-0.39, 0.29) is 5.91 Å². The second-order valence-corrected chi connectivity index (χ2v) is 7.25. The van der Waals surface area contributed by atoms with Crippen molar-refractivity contribution in [3.05, 3.63) is 76.6 Å². The van der Waals surface area contributed by atoms with Crippen molar-refractivity contribution in [3.8, 4) is 17.2 Å². The van der Waals surface area contributed by atoms with Crippen LogP contribution in [0.5, 0.6) is 0 Å². The van der Waals surface area contributed by atoms with Gasteiger partial charge in [-0.2, -0.15) is 10.4 Å². The quantitative estimate of drug-likeness (QED) is 0.709. The lowest BCUT2D eigenvalue weighted by molar-refractivity contribution is -0.129. The molecule has 0 N–H and O–H groups in total. The van der Waals surface area contributed by atoms with E-state index in [2.05, 4.69) is 30.3 Å². The van der Waals surface area contributed by atoms with E-state index in [4.69, 9.17) is 10.4 Å². The zero-order valence-corrected chi connectivity index (χ0v) is 16.1. The van der Waals surface area contributed by atoms with E-state index in [0.717, 1.165) is 36.2 Å². The number of carbonyl (C=O) groups excluding carboxylic acids is 1. The summed E-state index contributed by atoms with van der Waals surface area (Å²) in [6.45, 7) is 3.04. The highest BCUT2D eigenvalue weighted by Gasteiger charge is 2.25. The Hall–Kier alpha value is -3.39. The summed E-state index contributed by atoms with van der Waals surface area (Å²) in [6.07, 6.45) is 1.61. The van der Waals surface area contributed by atoms with Gasteiger partial charge in [0, 0.05) is 51.2 Å². The summed E-state index contributed by atoms with van der Waals surface area (Å²) in [7, 11) is 1.99. The summed E-state index contributed by atoms with van der Waals surface area (Å²) in [6, 6.07) is 18.2. The minimum atomic E-state index is 0.118. The Balaban J connectivity index is 1.55. The first-order valence-corrected chi connectivity index (χ1v) is 9.44. The lowest BCUT2D eigenvalue weighted by atomic mass is 9.98. The molecule has 5 nitrogen and oxygen atoms in total. The number of aryl methyl sites for hydroxylation is 1. The number of nitriles is 1. The molecule has 140 valence electrons. The van der Waals surface area contributed by atoms with E-state index in [1.165, 1.54) is 16.8 Å². The average Bonchev–Trinajstić information content (AvgIpc) is 3.03. The fraction of sp³-hybridized carbons (Fsp3) is 0.261. The Kier molecular flexibility index (Phi) is 4.70. The molecular formula is C23H22N4O. The maximum atomic E-state index is 11.8. The molecule has 28 heavy (non-hydrogen) atoms. The molecule has 4 rings (SSSR count). The van der Waals surface area contributed by atoms with Crippen molar-refractivity contribution in [2.75, 3.05) is 6.54 Å². The minimum absolute atomic E-state index is 0.118. The van der Waals surface area contributed by atoms with Gasteiger partial charge in [0.25, 0.3) is 0 Å². The van der Waals surface area contributed by atoms with Crippen LogP contribution in [0.1, 0.15) is 35.0 Å². The van der Waals surface area contributed by atoms with E-state index in [9.17, 15) is 4.79 Å². The van der Waals surface area contributed by atoms with Crippen molar-refractivity contribution in [2.24, 2.45) is 7.05 Å². The van der Waals surface area contributed by atoms with E-state index in [0.29, 0.717) is 12.1 Å². The maximum absolute atomic E-state index is 11.8. The molecule has 0 bridgehead atoms. The predicted octanol–water partition coefficient (Wildman–Crippen LogP) is 3.45. The third-order valence-corrected chi connectivity index (χ3v) is 5.44. The summed E-state index contributed by atoms with van der Waals surface area (Å²) < 4.78 is 1.97. The van der Waals surface area contributed by atoms with Crippen LogP contribution >= 0.6 is 0 Å². The van der Waals surface area contributed by atoms with Gasteiger partial charge in [-0.05, 0) is 28.8 Å². The number of amides is 1. The van der Waals surface area contributed by atoms with Crippen LogP contribution in [0.15, 0.2) is 48.5 Å². The molecule has 0 aliphatic carbocycles. The van der Waals surface area contributed by atoms with Gasteiger partial charge in [0.05, 0.1) is 17.3 Å². The molecule has 0 fully saturated rings. The van der Waals surface area contributed by atoms with Crippen LogP contribution in [-0.4, -0.2) is 27.1 Å². The topological polar surface area (TPSA) is 61.9 Å². The fourth-order valence-electron chi connectivity index (χ4n) is 3.83. The van der Waals surface area contributed by atoms with Crippen LogP contribution in [0.25, 0.3) is 11.1 Å². The zero-order valence-electron chi connectivity index (χ0n) is 16.1. The molecule has 2 heterocycles. The SMILES string of the molecule is CC(=O)N1CCc2c(c(Cc3ccc(-c4ccc(C#N)cc4)cc3)nn2C)C1. The molecule has 0 spiro atoms. The molecule has 1 aliphatic heterocycles. The smallest absolute Gasteiger partial charge is 0.219 e. The monoisotopic (exact) mass is 370 g/mol. The molecule has 1 amide bonds. The third kappa shape index (κ3) is 3.41. The molecular weight excluding hydrogens is 348 g/mol. The van der Waals surface area contributed by atoms with Gasteiger partial charge in [-0.3, -0.25) is 9.48 Å². The number of fused-ring (bicyclic) bond motifs is 1. The first kappa shape index (κ1) is 18.0. The van der Waals surface area contributed by atoms with Crippen molar-refractivity contribution in [1.82, 2.24) is 14.7 Å². The number of rotatable bonds is 3. The fourth-order valence-corrected chi connectivity index (χ4v) is 3.83. The summed E-state index contributed by atoms with van der Waals surface area (Å²) >= 11 is 0. The Morgan fingerprint density at radius 3 is 2.36 bits per heavy atom. The number of hydrogen-bond acceptors (Lipinski definition) is 3. The predicted molar refractivity (Wildman–Crippen MR) is 107 cm³/mol. The van der Waals surface area contributed by atoms with Gasteiger partial charge < -0.3 is 4.90 Å². The lowest BCUT2D eigenvalue weighted by Gasteiger charge is -2.26. The summed E-state index contributed by atoms with van der Waals surface area (Å²) in [4.78, 5) is 13.7. The number of hydrogen-bond donors (Lipinski definition) is 0. The third-order valence-electron chi connectivity index (χ3n) is 5.44. The Morgan fingerprint density at radius 2 is 1.75 bits per heavy atom. The van der Waals surface area contributed by atoms with Crippen molar-refractivity contribution in [2.45, 2.75) is 26.3 Å². The minimum Gasteiger partial charge on any atom is -0.338 e. The number of benzene rings is 2. The maximum Gasteiger partial charge on any atom is 0.219 e. The second kappa shape index (κ2) is 7.32. The highest BCUT2D eigenvalue weighted by atomic mass is 16.2. The Morgan fingerprint density at radius 1 is 1.11 bits per heavy atom. The Bertz CT molecular complexity index is 1060. The first-order valence-electron chi connectivity index (χ1n) is 9.44. The molecule has 3 aromatic rings. The molecule has 0 radical (unpaired) electrons. The first-order chi connectivity index (χ1) is 13.5. The molecule has 0 saturated heterocycles. The highest BCUT2D eigenvalue weighted by Crippen LogP contribution is 2.25. The Labute approximate surface area is 164 Å². The molecule has 2 aromatic carbocycles. The molecule has 0 atom stereocenters. The van der Waals surface area contributed by atoms with Crippen molar-refractivity contribution >= 4 is 5.91 Å². The van der Waals surface area contributed by atoms with Crippen LogP contribution in [0.2, 0.25) is 0 Å². The van der Waals surface area contributed by atoms with Crippen LogP contribution in [0.3, 0.4) is 0 Å². The van der Waals surface area contributed by atoms with E-state index in [1.807, 2.05) is 40.9 Å². The van der Waals surface area contributed by atoms with Gasteiger partial charge in [0.15, 0.2) is 0 Å². The van der Waals surface area contributed by atoms with E-state index < -0.39 is 0 Å². The van der Waals surface area contributed by atoms with Crippen LogP contribution < -0.4 is 0 Å². The van der Waals surface area contributed by atoms with Crippen LogP contribution in [-0.2, 0) is 31.2 Å². The van der Waals surface area contributed by atoms with Gasteiger partial charge in [-0.15, -0.1) is 0 Å². The van der Waals surface area contributed by atoms with Crippen molar-refractivity contribution in [1.29, 1.82) is 5.26 Å². The molecule has 0 unspecified atom stereocenters. The van der Waals surface area contributed by atoms with Gasteiger partial charge in [0.2, 0.25) is 5.91 Å². The zero-order chi connectivity index (χ0) is 19.7. The van der Waals surface area contributed by atoms with Gasteiger partial charge in [-0.25, -0.2) is 0 Å². The second-order valence-electron chi connectivity index (χ2n) is 7.25. The van der Waals surface area contributed by atoms with Crippen molar-refractivity contribution < 1.29 is 4.79 Å². The van der Waals surface area contributed by atoms with Crippen LogP contribution in [0.4, 0.5) is 0 Å². The summed E-state index contributed by atoms with van der Waals surface area (Å²) in [5.41, 5.74) is 7.56. The molecule has 1 aromatic heterocycles. The molecule has 1 aliphatic rings. The molecule has 5 heteroatoms. The lowest BCUT2D eigenvalue weighted by Crippen LogP contribution is -2.34. The van der Waals surface area contributed by atoms with Gasteiger partial charge in [0.1, 0.15) is 0 Å². The van der Waals surface area contributed by atoms with Gasteiger partial charge >= 0.3 is 0 Å². The molecule has 0 saturated carbocycles. The van der Waals surface area contributed by atoms with E-state index in [1.54, 1.807) is 6.92 Å². The van der Waals surface area contributed by atoms with Crippen LogP contribution in [0, 0.1) is 11.3 Å². The summed E-state index contributed by atoms with van der Waals surface area (Å²) in [5, 5.41) is 13.7. The number of aromatic nitrogens is 2. The van der Waals surface area contributed by atoms with E-state index >= 15 is 0 Å². The standard InChI is InChI=1S/C23H22N4O/c1-16(28)27-12-11-23-21(15-27)22(25-26(23)2)13-17-3-7-19(8-4-17)20-9-5-18(14-24)6-10-20/h3-10H,11-13,15H2,1-2H3. The number of carbonyl (C=O) groups is 1. The highest BCUT2D eigenvalue weighted by molar-refractivity contribution is 5.73. The summed E-state index contributed by atoms with van der Waals surface area (Å²) in [5.74, 6) is 0.118. The normalized spacial score (nSPS) is 13.1. The van der Waals surface area contributed by atoms with Crippen molar-refractivity contribution in [3.63, 3.8) is 0 Å².